The number of hydrogen-bond donors (Lipinski definition) is 1. The highest BCUT2D eigenvalue weighted by Gasteiger charge is 2.35. The molecule has 1 atom stereocenters. The summed E-state index contributed by atoms with van der Waals surface area (Å²) in [6.07, 6.45) is 1.95. The molecule has 0 bridgehead atoms. The summed E-state index contributed by atoms with van der Waals surface area (Å²) < 4.78 is 39.9. The summed E-state index contributed by atoms with van der Waals surface area (Å²) in [6.45, 7) is 3.60. The molecule has 0 aliphatic heterocycles. The normalized spacial score (nSPS) is 11.9. The highest BCUT2D eigenvalue weighted by atomic mass is 35.5. The molecule has 12 heteroatoms. The number of hydrogen-bond acceptors (Lipinski definition) is 6. The molecule has 232 valence electrons. The van der Waals surface area contributed by atoms with E-state index in [0.29, 0.717) is 27.9 Å². The number of unbranched alkanes of at least 4 members (excludes halogenated alkanes) is 1. The van der Waals surface area contributed by atoms with Crippen LogP contribution in [0.25, 0.3) is 0 Å². The van der Waals surface area contributed by atoms with Crippen LogP contribution in [0.2, 0.25) is 10.0 Å². The molecule has 0 radical (unpaired) electrons. The van der Waals surface area contributed by atoms with Crippen LogP contribution in [0.5, 0.6) is 11.5 Å². The van der Waals surface area contributed by atoms with E-state index in [1.807, 2.05) is 6.92 Å². The van der Waals surface area contributed by atoms with Crippen molar-refractivity contribution in [3.8, 4) is 11.5 Å². The fourth-order valence-corrected chi connectivity index (χ4v) is 6.38. The molecule has 0 aromatic heterocycles. The van der Waals surface area contributed by atoms with Crippen LogP contribution in [0.1, 0.15) is 38.7 Å². The lowest BCUT2D eigenvalue weighted by atomic mass is 10.1. The van der Waals surface area contributed by atoms with Crippen molar-refractivity contribution in [1.82, 2.24) is 10.2 Å². The van der Waals surface area contributed by atoms with Crippen LogP contribution in [0, 0.1) is 0 Å². The van der Waals surface area contributed by atoms with Crippen molar-refractivity contribution >= 4 is 50.7 Å². The number of carbonyl (C=O) groups excluding carboxylic acids is 2. The number of nitrogens with one attached hydrogen (secondary N) is 1. The topological polar surface area (TPSA) is 105 Å². The average molecular weight is 651 g/mol. The molecule has 1 N–H and O–H groups in total. The second-order valence-corrected chi connectivity index (χ2v) is 12.4. The van der Waals surface area contributed by atoms with Gasteiger partial charge in [-0.2, -0.15) is 0 Å². The Kier molecular flexibility index (Phi) is 12.5. The van der Waals surface area contributed by atoms with Gasteiger partial charge in [0, 0.05) is 23.1 Å². The van der Waals surface area contributed by atoms with Crippen LogP contribution >= 0.6 is 23.2 Å². The molecule has 0 saturated carbocycles. The Bertz CT molecular complexity index is 1500. The Hall–Kier alpha value is -3.47. The summed E-state index contributed by atoms with van der Waals surface area (Å²) in [4.78, 5) is 28.9. The summed E-state index contributed by atoms with van der Waals surface area (Å²) in [5, 5.41) is 3.64. The van der Waals surface area contributed by atoms with Gasteiger partial charge >= 0.3 is 0 Å². The highest BCUT2D eigenvalue weighted by Crippen LogP contribution is 2.33. The summed E-state index contributed by atoms with van der Waals surface area (Å²) in [6, 6.07) is 16.4. The molecule has 0 heterocycles. The van der Waals surface area contributed by atoms with E-state index in [1.54, 1.807) is 49.4 Å². The van der Waals surface area contributed by atoms with Gasteiger partial charge in [0.1, 0.15) is 24.1 Å². The molecule has 2 amide bonds. The maximum absolute atomic E-state index is 14.2. The van der Waals surface area contributed by atoms with Crippen molar-refractivity contribution in [1.29, 1.82) is 0 Å². The van der Waals surface area contributed by atoms with Crippen molar-refractivity contribution < 1.29 is 27.5 Å². The van der Waals surface area contributed by atoms with E-state index in [2.05, 4.69) is 5.32 Å². The SMILES string of the molecule is CCCCNC(=O)[C@@H](CC)N(Cc1ccc(Cl)cc1Cl)C(=O)CN(c1ccccc1OC)S(=O)(=O)c1ccc(OC)cc1. The third kappa shape index (κ3) is 8.55. The van der Waals surface area contributed by atoms with Crippen molar-refractivity contribution in [3.63, 3.8) is 0 Å². The summed E-state index contributed by atoms with van der Waals surface area (Å²) in [5.74, 6) is -0.212. The average Bonchev–Trinajstić information content (AvgIpc) is 3.00. The van der Waals surface area contributed by atoms with Crippen LogP contribution in [-0.4, -0.2) is 58.5 Å². The minimum absolute atomic E-state index is 0.0448. The van der Waals surface area contributed by atoms with Gasteiger partial charge in [0.2, 0.25) is 11.8 Å². The quantitative estimate of drug-likeness (QED) is 0.205. The van der Waals surface area contributed by atoms with E-state index in [4.69, 9.17) is 32.7 Å². The predicted octanol–water partition coefficient (Wildman–Crippen LogP) is 5.93. The van der Waals surface area contributed by atoms with Crippen molar-refractivity contribution in [2.75, 3.05) is 31.6 Å². The number of benzene rings is 3. The second kappa shape index (κ2) is 15.8. The number of ether oxygens (including phenoxy) is 2. The Morgan fingerprint density at radius 2 is 1.65 bits per heavy atom. The van der Waals surface area contributed by atoms with Crippen LogP contribution in [0.15, 0.2) is 71.6 Å². The zero-order valence-electron chi connectivity index (χ0n) is 24.7. The maximum atomic E-state index is 14.2. The van der Waals surface area contributed by atoms with E-state index in [9.17, 15) is 18.0 Å². The third-order valence-corrected chi connectivity index (χ3v) is 9.21. The Morgan fingerprint density at radius 1 is 0.953 bits per heavy atom. The number of rotatable bonds is 15. The lowest BCUT2D eigenvalue weighted by Gasteiger charge is -2.33. The standard InChI is InChI=1S/C31H37Cl2N3O6S/c1-5-7-18-34-31(38)27(6-2)35(20-22-12-13-23(32)19-26(22)33)30(37)21-36(28-10-8-9-11-29(28)42-4)43(39,40)25-16-14-24(41-3)15-17-25/h8-17,19,27H,5-7,18,20-21H2,1-4H3,(H,34,38)/t27-/m1/s1. The molecule has 0 aliphatic rings. The minimum Gasteiger partial charge on any atom is -0.497 e. The molecular formula is C31H37Cl2N3O6S. The summed E-state index contributed by atoms with van der Waals surface area (Å²) in [5.41, 5.74) is 0.722. The van der Waals surface area contributed by atoms with Crippen molar-refractivity contribution in [2.24, 2.45) is 0 Å². The molecule has 0 fully saturated rings. The van der Waals surface area contributed by atoms with Crippen LogP contribution < -0.4 is 19.1 Å². The molecule has 43 heavy (non-hydrogen) atoms. The van der Waals surface area contributed by atoms with Gasteiger partial charge in [-0.1, -0.05) is 61.7 Å². The van der Waals surface area contributed by atoms with Gasteiger partial charge in [0.05, 0.1) is 24.8 Å². The number of sulfonamides is 1. The number of para-hydroxylation sites is 2. The number of carbonyl (C=O) groups is 2. The van der Waals surface area contributed by atoms with E-state index in [-0.39, 0.29) is 35.2 Å². The fraction of sp³-hybridized carbons (Fsp3) is 0.355. The van der Waals surface area contributed by atoms with Gasteiger partial charge in [-0.25, -0.2) is 8.42 Å². The molecule has 0 aliphatic carbocycles. The van der Waals surface area contributed by atoms with Gasteiger partial charge in [-0.15, -0.1) is 0 Å². The fourth-order valence-electron chi connectivity index (χ4n) is 4.48. The molecule has 3 aromatic carbocycles. The molecule has 3 aromatic rings. The first-order chi connectivity index (χ1) is 20.6. The molecular weight excluding hydrogens is 613 g/mol. The molecule has 0 saturated heterocycles. The van der Waals surface area contributed by atoms with Crippen molar-refractivity contribution in [3.05, 3.63) is 82.3 Å². The van der Waals surface area contributed by atoms with Crippen LogP contribution in [0.3, 0.4) is 0 Å². The Balaban J connectivity index is 2.10. The van der Waals surface area contributed by atoms with E-state index < -0.39 is 28.5 Å². The number of halogens is 2. The zero-order valence-corrected chi connectivity index (χ0v) is 27.0. The Labute approximate surface area is 263 Å². The van der Waals surface area contributed by atoms with Crippen LogP contribution in [0.4, 0.5) is 5.69 Å². The van der Waals surface area contributed by atoms with Gasteiger partial charge in [0.15, 0.2) is 0 Å². The number of methoxy groups -OCH3 is 2. The van der Waals surface area contributed by atoms with E-state index in [1.165, 1.54) is 43.4 Å². The monoisotopic (exact) mass is 649 g/mol. The van der Waals surface area contributed by atoms with Gasteiger partial charge in [-0.3, -0.25) is 13.9 Å². The van der Waals surface area contributed by atoms with Gasteiger partial charge in [-0.05, 0) is 66.9 Å². The van der Waals surface area contributed by atoms with E-state index in [0.717, 1.165) is 17.1 Å². The first-order valence-electron chi connectivity index (χ1n) is 13.9. The van der Waals surface area contributed by atoms with Gasteiger partial charge < -0.3 is 19.7 Å². The minimum atomic E-state index is -4.29. The zero-order chi connectivity index (χ0) is 31.6. The van der Waals surface area contributed by atoms with Gasteiger partial charge in [0.25, 0.3) is 10.0 Å². The number of nitrogens with zero attached hydrogens (tertiary/aromatic N) is 2. The largest absolute Gasteiger partial charge is 0.497 e. The van der Waals surface area contributed by atoms with E-state index >= 15 is 0 Å². The summed E-state index contributed by atoms with van der Waals surface area (Å²) in [7, 11) is -1.39. The maximum Gasteiger partial charge on any atom is 0.264 e. The third-order valence-electron chi connectivity index (χ3n) is 6.85. The number of anilines is 1. The van der Waals surface area contributed by atoms with Crippen LogP contribution in [-0.2, 0) is 26.2 Å². The first kappa shape index (κ1) is 34.0. The molecule has 9 nitrogen and oxygen atoms in total. The lowest BCUT2D eigenvalue weighted by Crippen LogP contribution is -2.52. The number of amides is 2. The van der Waals surface area contributed by atoms with Crippen molar-refractivity contribution in [2.45, 2.75) is 50.6 Å². The highest BCUT2D eigenvalue weighted by molar-refractivity contribution is 7.92. The lowest BCUT2D eigenvalue weighted by molar-refractivity contribution is -0.140. The Morgan fingerprint density at radius 3 is 2.26 bits per heavy atom. The molecule has 0 unspecified atom stereocenters. The second-order valence-electron chi connectivity index (χ2n) is 9.69. The summed E-state index contributed by atoms with van der Waals surface area (Å²) >= 11 is 12.6. The molecule has 0 spiro atoms. The smallest absolute Gasteiger partial charge is 0.264 e. The first-order valence-corrected chi connectivity index (χ1v) is 16.1. The predicted molar refractivity (Wildman–Crippen MR) is 170 cm³/mol. The molecule has 3 rings (SSSR count).